The second-order valence-corrected chi connectivity index (χ2v) is 5.20. The molecule has 84 valence electrons. The van der Waals surface area contributed by atoms with Gasteiger partial charge in [-0.1, -0.05) is 66.8 Å². The fourth-order valence-corrected chi connectivity index (χ4v) is 2.00. The van der Waals surface area contributed by atoms with E-state index < -0.39 is 0 Å². The van der Waals surface area contributed by atoms with Crippen molar-refractivity contribution >= 4 is 22.6 Å². The van der Waals surface area contributed by atoms with Gasteiger partial charge in [0.2, 0.25) is 0 Å². The van der Waals surface area contributed by atoms with Crippen LogP contribution in [0.1, 0.15) is 26.3 Å². The maximum Gasteiger partial charge on any atom is 0.0992 e. The molecule has 1 aromatic carbocycles. The second kappa shape index (κ2) is 5.85. The second-order valence-electron chi connectivity index (χ2n) is 4.44. The summed E-state index contributed by atoms with van der Waals surface area (Å²) in [6.07, 6.45) is 0. The molecular formula is C13H19IO. The maximum absolute atomic E-state index is 6.02. The lowest BCUT2D eigenvalue weighted by Gasteiger charge is -2.29. The summed E-state index contributed by atoms with van der Waals surface area (Å²) in [7, 11) is 0. The summed E-state index contributed by atoms with van der Waals surface area (Å²) in [6.45, 7) is 7.34. The van der Waals surface area contributed by atoms with E-state index in [9.17, 15) is 0 Å². The Labute approximate surface area is 106 Å². The van der Waals surface area contributed by atoms with Crippen LogP contribution in [-0.4, -0.2) is 11.0 Å². The predicted molar refractivity (Wildman–Crippen MR) is 73.5 cm³/mol. The number of ether oxygens (including phenoxy) is 1. The maximum atomic E-state index is 6.02. The van der Waals surface area contributed by atoms with Crippen LogP contribution in [0, 0.1) is 5.92 Å². The van der Waals surface area contributed by atoms with E-state index in [-0.39, 0.29) is 5.60 Å². The lowest BCUT2D eigenvalue weighted by atomic mass is 9.98. The van der Waals surface area contributed by atoms with Crippen LogP contribution in [0.3, 0.4) is 0 Å². The van der Waals surface area contributed by atoms with E-state index in [1.165, 1.54) is 5.56 Å². The molecule has 1 atom stereocenters. The highest BCUT2D eigenvalue weighted by molar-refractivity contribution is 14.1. The quantitative estimate of drug-likeness (QED) is 0.589. The molecule has 1 rings (SSSR count). The minimum atomic E-state index is -0.147. The summed E-state index contributed by atoms with van der Waals surface area (Å²) in [5.41, 5.74) is 1.12. The first-order chi connectivity index (χ1) is 7.08. The molecule has 15 heavy (non-hydrogen) atoms. The molecule has 0 N–H and O–H groups in total. The van der Waals surface area contributed by atoms with Gasteiger partial charge in [0.25, 0.3) is 0 Å². The molecule has 0 spiro atoms. The van der Waals surface area contributed by atoms with E-state index in [1.54, 1.807) is 0 Å². The average molecular weight is 318 g/mol. The van der Waals surface area contributed by atoms with Gasteiger partial charge in [-0.05, 0) is 18.4 Å². The SMILES string of the molecule is CC(C)COC(C)(CI)c1ccccc1. The number of benzene rings is 1. The van der Waals surface area contributed by atoms with Crippen LogP contribution in [-0.2, 0) is 10.3 Å². The predicted octanol–water partition coefficient (Wildman–Crippen LogP) is 4.01. The fraction of sp³-hybridized carbons (Fsp3) is 0.538. The molecule has 1 unspecified atom stereocenters. The van der Waals surface area contributed by atoms with Gasteiger partial charge in [0, 0.05) is 4.43 Å². The first kappa shape index (κ1) is 13.0. The standard InChI is InChI=1S/C13H19IO/c1-11(2)9-15-13(3,10-14)12-7-5-4-6-8-12/h4-8,11H,9-10H2,1-3H3. The first-order valence-corrected chi connectivity index (χ1v) is 6.86. The third-order valence-corrected chi connectivity index (χ3v) is 3.83. The molecule has 0 heterocycles. The van der Waals surface area contributed by atoms with E-state index >= 15 is 0 Å². The van der Waals surface area contributed by atoms with E-state index in [4.69, 9.17) is 4.74 Å². The zero-order valence-electron chi connectivity index (χ0n) is 9.66. The van der Waals surface area contributed by atoms with Gasteiger partial charge in [-0.2, -0.15) is 0 Å². The molecule has 0 radical (unpaired) electrons. The molecule has 0 aliphatic heterocycles. The Hall–Kier alpha value is -0.0900. The lowest BCUT2D eigenvalue weighted by molar-refractivity contribution is -0.0289. The van der Waals surface area contributed by atoms with Crippen LogP contribution in [0.15, 0.2) is 30.3 Å². The van der Waals surface area contributed by atoms with E-state index in [2.05, 4.69) is 67.6 Å². The summed E-state index contributed by atoms with van der Waals surface area (Å²) in [5, 5.41) is 0. The Morgan fingerprint density at radius 1 is 1.27 bits per heavy atom. The Balaban J connectivity index is 2.76. The fourth-order valence-electron chi connectivity index (χ4n) is 1.34. The number of hydrogen-bond acceptors (Lipinski definition) is 1. The van der Waals surface area contributed by atoms with Gasteiger partial charge in [0.15, 0.2) is 0 Å². The van der Waals surface area contributed by atoms with Crippen LogP contribution in [0.25, 0.3) is 0 Å². The molecular weight excluding hydrogens is 299 g/mol. The molecule has 0 bridgehead atoms. The van der Waals surface area contributed by atoms with E-state index in [0.717, 1.165) is 11.0 Å². The Morgan fingerprint density at radius 2 is 1.87 bits per heavy atom. The largest absolute Gasteiger partial charge is 0.370 e. The van der Waals surface area contributed by atoms with Crippen LogP contribution < -0.4 is 0 Å². The zero-order valence-corrected chi connectivity index (χ0v) is 11.8. The average Bonchev–Trinajstić information content (AvgIpc) is 2.27. The third-order valence-electron chi connectivity index (χ3n) is 2.37. The van der Waals surface area contributed by atoms with Crippen molar-refractivity contribution < 1.29 is 4.74 Å². The monoisotopic (exact) mass is 318 g/mol. The molecule has 1 nitrogen and oxygen atoms in total. The third kappa shape index (κ3) is 3.76. The molecule has 0 saturated carbocycles. The van der Waals surface area contributed by atoms with Crippen LogP contribution in [0.4, 0.5) is 0 Å². The zero-order chi connectivity index (χ0) is 11.3. The van der Waals surface area contributed by atoms with Gasteiger partial charge in [-0.15, -0.1) is 0 Å². The molecule has 0 aromatic heterocycles. The summed E-state index contributed by atoms with van der Waals surface area (Å²) >= 11 is 2.39. The van der Waals surface area contributed by atoms with Crippen molar-refractivity contribution in [2.75, 3.05) is 11.0 Å². The topological polar surface area (TPSA) is 9.23 Å². The van der Waals surface area contributed by atoms with E-state index in [0.29, 0.717) is 5.92 Å². The molecule has 0 saturated heterocycles. The molecule has 0 aliphatic rings. The van der Waals surface area contributed by atoms with Gasteiger partial charge in [-0.25, -0.2) is 0 Å². The summed E-state index contributed by atoms with van der Waals surface area (Å²) < 4.78 is 6.99. The Kier molecular flexibility index (Phi) is 5.06. The van der Waals surface area contributed by atoms with E-state index in [1.807, 2.05) is 6.07 Å². The molecule has 0 amide bonds. The number of rotatable bonds is 5. The Morgan fingerprint density at radius 3 is 2.33 bits per heavy atom. The van der Waals surface area contributed by atoms with Gasteiger partial charge in [-0.3, -0.25) is 0 Å². The molecule has 0 aliphatic carbocycles. The van der Waals surface area contributed by atoms with Crippen molar-refractivity contribution in [2.24, 2.45) is 5.92 Å². The highest BCUT2D eigenvalue weighted by Crippen LogP contribution is 2.28. The van der Waals surface area contributed by atoms with Gasteiger partial charge in [0.05, 0.1) is 12.2 Å². The van der Waals surface area contributed by atoms with Crippen molar-refractivity contribution in [3.8, 4) is 0 Å². The summed E-state index contributed by atoms with van der Waals surface area (Å²) in [5.74, 6) is 0.580. The van der Waals surface area contributed by atoms with Gasteiger partial charge < -0.3 is 4.74 Å². The smallest absolute Gasteiger partial charge is 0.0992 e. The number of halogens is 1. The normalized spacial score (nSPS) is 15.3. The lowest BCUT2D eigenvalue weighted by Crippen LogP contribution is -2.29. The molecule has 0 fully saturated rings. The minimum Gasteiger partial charge on any atom is -0.370 e. The minimum absolute atomic E-state index is 0.147. The molecule has 2 heteroatoms. The highest BCUT2D eigenvalue weighted by atomic mass is 127. The van der Waals surface area contributed by atoms with Crippen LogP contribution >= 0.6 is 22.6 Å². The van der Waals surface area contributed by atoms with Gasteiger partial charge in [0.1, 0.15) is 0 Å². The summed E-state index contributed by atoms with van der Waals surface area (Å²) in [4.78, 5) is 0. The van der Waals surface area contributed by atoms with Crippen molar-refractivity contribution in [2.45, 2.75) is 26.4 Å². The van der Waals surface area contributed by atoms with Crippen molar-refractivity contribution in [3.63, 3.8) is 0 Å². The highest BCUT2D eigenvalue weighted by Gasteiger charge is 2.26. The van der Waals surface area contributed by atoms with Crippen LogP contribution in [0.5, 0.6) is 0 Å². The number of hydrogen-bond donors (Lipinski definition) is 0. The first-order valence-electron chi connectivity index (χ1n) is 5.34. The van der Waals surface area contributed by atoms with Crippen molar-refractivity contribution in [3.05, 3.63) is 35.9 Å². The Bertz CT molecular complexity index is 284. The molecule has 1 aromatic rings. The van der Waals surface area contributed by atoms with Crippen molar-refractivity contribution in [1.82, 2.24) is 0 Å². The van der Waals surface area contributed by atoms with Crippen LogP contribution in [0.2, 0.25) is 0 Å². The number of alkyl halides is 1. The summed E-state index contributed by atoms with van der Waals surface area (Å²) in [6, 6.07) is 10.5. The van der Waals surface area contributed by atoms with Crippen molar-refractivity contribution in [1.29, 1.82) is 0 Å². The van der Waals surface area contributed by atoms with Gasteiger partial charge >= 0.3 is 0 Å².